The lowest BCUT2D eigenvalue weighted by Crippen LogP contribution is -2.60. The van der Waals surface area contributed by atoms with E-state index in [9.17, 15) is 9.59 Å². The number of ether oxygens (including phenoxy) is 1. The van der Waals surface area contributed by atoms with Gasteiger partial charge in [0.2, 0.25) is 11.8 Å². The number of nitrogens with zero attached hydrogens (tertiary/aromatic N) is 2. The van der Waals surface area contributed by atoms with Crippen molar-refractivity contribution in [3.05, 3.63) is 0 Å². The zero-order chi connectivity index (χ0) is 17.2. The predicted molar refractivity (Wildman–Crippen MR) is 90.4 cm³/mol. The van der Waals surface area contributed by atoms with Crippen LogP contribution in [0.5, 0.6) is 0 Å². The van der Waals surface area contributed by atoms with E-state index in [1.807, 2.05) is 4.90 Å². The lowest BCUT2D eigenvalue weighted by molar-refractivity contribution is -0.137. The molecule has 3 aliphatic rings. The molecule has 0 bridgehead atoms. The molecule has 3 aliphatic heterocycles. The fourth-order valence-electron chi connectivity index (χ4n) is 3.54. The van der Waals surface area contributed by atoms with Gasteiger partial charge in [-0.2, -0.15) is 0 Å². The van der Waals surface area contributed by atoms with Crippen LogP contribution in [-0.4, -0.2) is 95.4 Å². The van der Waals surface area contributed by atoms with E-state index in [1.54, 1.807) is 16.7 Å². The number of hydrogen-bond acceptors (Lipinski definition) is 7. The Kier molecular flexibility index (Phi) is 5.66. The average Bonchev–Trinajstić information content (AvgIpc) is 3.03. The molecule has 2 amide bonds. The Hall–Kier alpha value is -0.870. The third kappa shape index (κ3) is 3.70. The first-order valence-electron chi connectivity index (χ1n) is 8.48. The molecule has 136 valence electrons. The zero-order valence-corrected chi connectivity index (χ0v) is 14.6. The summed E-state index contributed by atoms with van der Waals surface area (Å²) in [4.78, 5) is 28.2. The van der Waals surface area contributed by atoms with Crippen LogP contribution in [0.15, 0.2) is 0 Å². The van der Waals surface area contributed by atoms with Crippen LogP contribution in [0.1, 0.15) is 12.8 Å². The van der Waals surface area contributed by atoms with E-state index in [0.29, 0.717) is 45.1 Å². The molecular weight excluding hydrogens is 332 g/mol. The molecule has 0 aromatic rings. The van der Waals surface area contributed by atoms with Gasteiger partial charge in [-0.25, -0.2) is 0 Å². The van der Waals surface area contributed by atoms with Gasteiger partial charge >= 0.3 is 0 Å². The number of aliphatic hydroxyl groups excluding tert-OH is 1. The van der Waals surface area contributed by atoms with E-state index >= 15 is 0 Å². The fraction of sp³-hybridized carbons (Fsp3) is 0.867. The Bertz CT molecular complexity index is 488. The second-order valence-electron chi connectivity index (χ2n) is 6.59. The van der Waals surface area contributed by atoms with Crippen LogP contribution < -0.4 is 11.1 Å². The summed E-state index contributed by atoms with van der Waals surface area (Å²) in [5.74, 6) is 0.615. The Morgan fingerprint density at radius 2 is 2.08 bits per heavy atom. The summed E-state index contributed by atoms with van der Waals surface area (Å²) in [6, 6.07) is -1.08. The van der Waals surface area contributed by atoms with Crippen molar-refractivity contribution >= 4 is 23.6 Å². The summed E-state index contributed by atoms with van der Waals surface area (Å²) in [6.07, 6.45) is 1.78. The third-order valence-corrected chi connectivity index (χ3v) is 6.37. The maximum atomic E-state index is 12.7. The molecule has 4 N–H and O–H groups in total. The Labute approximate surface area is 146 Å². The molecule has 3 rings (SSSR count). The molecule has 24 heavy (non-hydrogen) atoms. The molecule has 0 saturated carbocycles. The number of carbonyl (C=O) groups excluding carboxylic acids is 2. The molecule has 0 aliphatic carbocycles. The molecular formula is C15H26N4O4S. The highest BCUT2D eigenvalue weighted by atomic mass is 32.2. The number of nitrogens with one attached hydrogen (secondary N) is 1. The summed E-state index contributed by atoms with van der Waals surface area (Å²) in [5, 5.41) is 12.6. The van der Waals surface area contributed by atoms with Gasteiger partial charge in [0.25, 0.3) is 0 Å². The van der Waals surface area contributed by atoms with Crippen molar-refractivity contribution < 1.29 is 19.4 Å². The first-order valence-corrected chi connectivity index (χ1v) is 9.47. The van der Waals surface area contributed by atoms with E-state index in [2.05, 4.69) is 5.32 Å². The van der Waals surface area contributed by atoms with Gasteiger partial charge in [0.1, 0.15) is 6.04 Å². The van der Waals surface area contributed by atoms with E-state index < -0.39 is 6.04 Å². The van der Waals surface area contributed by atoms with Crippen molar-refractivity contribution in [2.24, 2.45) is 5.73 Å². The van der Waals surface area contributed by atoms with E-state index in [4.69, 9.17) is 15.6 Å². The van der Waals surface area contributed by atoms with Crippen molar-refractivity contribution in [1.29, 1.82) is 0 Å². The maximum absolute atomic E-state index is 12.7. The molecule has 1 spiro atoms. The summed E-state index contributed by atoms with van der Waals surface area (Å²) in [5.41, 5.74) is 5.67. The molecule has 3 fully saturated rings. The van der Waals surface area contributed by atoms with Crippen molar-refractivity contribution in [2.45, 2.75) is 29.8 Å². The molecule has 0 radical (unpaired) electrons. The van der Waals surface area contributed by atoms with Crippen LogP contribution in [0.2, 0.25) is 0 Å². The number of likely N-dealkylation sites (tertiary alicyclic amines) is 1. The maximum Gasteiger partial charge on any atom is 0.241 e. The first-order chi connectivity index (χ1) is 11.5. The fourth-order valence-corrected chi connectivity index (χ4v) is 5.01. The van der Waals surface area contributed by atoms with Gasteiger partial charge < -0.3 is 25.4 Å². The summed E-state index contributed by atoms with van der Waals surface area (Å²) in [6.45, 7) is 3.31. The van der Waals surface area contributed by atoms with Crippen LogP contribution in [0, 0.1) is 0 Å². The largest absolute Gasteiger partial charge is 0.394 e. The Balaban J connectivity index is 1.60. The SMILES string of the molecule is N[C@@H](CO)C(=O)N1CCCC2(C1)N[C@H](C(=O)N1CCOCC1)CS2. The molecule has 0 aromatic carbocycles. The second kappa shape index (κ2) is 7.57. The number of aliphatic hydroxyl groups is 1. The van der Waals surface area contributed by atoms with Crippen LogP contribution in [0.25, 0.3) is 0 Å². The summed E-state index contributed by atoms with van der Waals surface area (Å²) in [7, 11) is 0. The highest BCUT2D eigenvalue weighted by Gasteiger charge is 2.46. The minimum Gasteiger partial charge on any atom is -0.394 e. The molecule has 8 nitrogen and oxygen atoms in total. The van der Waals surface area contributed by atoms with Gasteiger partial charge in [0.15, 0.2) is 0 Å². The van der Waals surface area contributed by atoms with Gasteiger partial charge in [-0.15, -0.1) is 11.8 Å². The Morgan fingerprint density at radius 1 is 1.33 bits per heavy atom. The average molecular weight is 358 g/mol. The number of nitrogens with two attached hydrogens (primary N) is 1. The van der Waals surface area contributed by atoms with Gasteiger partial charge in [-0.05, 0) is 12.8 Å². The normalized spacial score (nSPS) is 32.2. The number of thioether (sulfide) groups is 1. The zero-order valence-electron chi connectivity index (χ0n) is 13.8. The second-order valence-corrected chi connectivity index (χ2v) is 8.00. The van der Waals surface area contributed by atoms with Crippen molar-refractivity contribution in [3.63, 3.8) is 0 Å². The lowest BCUT2D eigenvalue weighted by Gasteiger charge is -2.41. The van der Waals surface area contributed by atoms with Crippen LogP contribution in [-0.2, 0) is 14.3 Å². The van der Waals surface area contributed by atoms with Crippen molar-refractivity contribution in [2.75, 3.05) is 51.8 Å². The number of amides is 2. The van der Waals surface area contributed by atoms with Gasteiger partial charge in [-0.3, -0.25) is 14.9 Å². The molecule has 3 atom stereocenters. The smallest absolute Gasteiger partial charge is 0.241 e. The van der Waals surface area contributed by atoms with Gasteiger partial charge in [-0.1, -0.05) is 0 Å². The lowest BCUT2D eigenvalue weighted by atomic mass is 10.0. The minimum atomic E-state index is -0.864. The molecule has 3 saturated heterocycles. The Morgan fingerprint density at radius 3 is 2.79 bits per heavy atom. The van der Waals surface area contributed by atoms with Crippen LogP contribution >= 0.6 is 11.8 Å². The summed E-state index contributed by atoms with van der Waals surface area (Å²) >= 11 is 1.72. The predicted octanol–water partition coefficient (Wildman–Crippen LogP) is -1.81. The number of morpholine rings is 1. The van der Waals surface area contributed by atoms with E-state index in [0.717, 1.165) is 12.8 Å². The van der Waals surface area contributed by atoms with E-state index in [-0.39, 0.29) is 29.3 Å². The molecule has 9 heteroatoms. The monoisotopic (exact) mass is 358 g/mol. The number of carbonyl (C=O) groups is 2. The standard InChI is InChI=1S/C15H26N4O4S/c16-11(8-20)13(21)19-3-1-2-15(10-19)17-12(9-24-15)14(22)18-4-6-23-7-5-18/h11-12,17,20H,1-10,16H2/t11-,12-,15?/m0/s1. The van der Waals surface area contributed by atoms with Crippen molar-refractivity contribution in [1.82, 2.24) is 15.1 Å². The highest BCUT2D eigenvalue weighted by Crippen LogP contribution is 2.38. The number of hydrogen-bond donors (Lipinski definition) is 3. The molecule has 1 unspecified atom stereocenters. The molecule has 3 heterocycles. The first kappa shape index (κ1) is 17.9. The number of piperidine rings is 1. The quantitative estimate of drug-likeness (QED) is 0.546. The molecule has 0 aromatic heterocycles. The van der Waals surface area contributed by atoms with Crippen LogP contribution in [0.4, 0.5) is 0 Å². The van der Waals surface area contributed by atoms with Crippen LogP contribution in [0.3, 0.4) is 0 Å². The van der Waals surface area contributed by atoms with Gasteiger partial charge in [0, 0.05) is 31.9 Å². The topological polar surface area (TPSA) is 108 Å². The van der Waals surface area contributed by atoms with E-state index in [1.165, 1.54) is 0 Å². The number of rotatable bonds is 3. The third-order valence-electron chi connectivity index (χ3n) is 4.86. The minimum absolute atomic E-state index is 0.123. The summed E-state index contributed by atoms with van der Waals surface area (Å²) < 4.78 is 5.30. The highest BCUT2D eigenvalue weighted by molar-refractivity contribution is 8.01. The van der Waals surface area contributed by atoms with Crippen molar-refractivity contribution in [3.8, 4) is 0 Å². The van der Waals surface area contributed by atoms with Gasteiger partial charge in [0.05, 0.1) is 30.7 Å².